The summed E-state index contributed by atoms with van der Waals surface area (Å²) in [5, 5.41) is 65.9. The molecule has 4 atom stereocenters. The van der Waals surface area contributed by atoms with Gasteiger partial charge in [0.1, 0.15) is 71.4 Å². The molecule has 4 fully saturated rings. The summed E-state index contributed by atoms with van der Waals surface area (Å²) in [4.78, 5) is 52.9. The minimum atomic E-state index is -3.94. The lowest BCUT2D eigenvalue weighted by molar-refractivity contribution is -0.432. The molecule has 4 saturated heterocycles. The number of carbonyl (C=O) groups is 2. The first-order valence-electron chi connectivity index (χ1n) is 46.0. The molecule has 27 nitrogen and oxygen atoms in total. The first-order valence-corrected chi connectivity index (χ1v) is 52.1. The highest BCUT2D eigenvalue weighted by Crippen LogP contribution is 2.44. The molecular formula is C96H128Br2F18N12O15S2Si. The molecule has 7 aromatic carbocycles. The van der Waals surface area contributed by atoms with E-state index < -0.39 is 142 Å². The average molecular weight is 2280 g/mol. The number of aromatic amines is 2. The summed E-state index contributed by atoms with van der Waals surface area (Å²) in [7, 11) is -2.64. The van der Waals surface area contributed by atoms with E-state index in [4.69, 9.17) is 45.6 Å². The van der Waals surface area contributed by atoms with Gasteiger partial charge in [-0.05, 0) is 174 Å². The van der Waals surface area contributed by atoms with Crippen LogP contribution in [-0.4, -0.2) is 318 Å². The summed E-state index contributed by atoms with van der Waals surface area (Å²) in [5.41, 5.74) is 9.49. The van der Waals surface area contributed by atoms with Crippen molar-refractivity contribution in [2.24, 2.45) is 5.73 Å². The smallest absolute Gasteiger partial charge is 0.373 e. The number of benzene rings is 7. The molecule has 14 rings (SSSR count). The maximum atomic E-state index is 15.7. The molecule has 0 aliphatic carbocycles. The number of halogens is 20. The zero-order valence-electron chi connectivity index (χ0n) is 81.5. The standard InChI is InChI=1S/C27H31F5N4O.C14H18F2N2O.C13H15F3N2O.C13H17F3N2.C7H3BrF2O.C7H5BrF2.C6H13FN2.C3H8O2.C2H6O6S2.C2H6O.CO2.CH6Si/c1-16-9-20-19-5-2-3-6-23(19)34-25(20)26(36(16)14-27(31,32)15-37)24-21(29)10-17(11-22(24)30)33-18-12-35(13-18)8-4-7-28;1-10(18-8-14(15,16)9-19)6-11-7-17-13-5-3-2-4-12(11)13;14-2-1-3-18-6-10(7-18)17-9-4-12(15)11(8-19)13(16)5-9;1-9-12(15)5-10(6-13(9)16)17-11-7-18(8-11)4-2-3-14;8-4-1-6(9)5(3-11)7(10)2-4;1-4-6(9)2-5(8)3-7(4)10;7-2-1-3-9-4-6(8)5-9;1-3(5)2-4;3-7-8-9-1-2-10(4,5)6;1-2-3;2-1-3;1-2/h2-3,5-6,10-11,16,18,26,33-34,37H,4,7-9,12-15H2,1H3;2-5,7,10,17-19H,6,8-9H2,1H3;4-5,8,10,17H,1-3,6-7H2;5-6,11,17H,2-4,7-8H2,1H3;1-3H;2-3H,1H3;6H,1-5,8H2;3-5H,2H2,1H3;3H,1-2H2,(H,4,5,6);3H,2H2,1H3;;1-2H3/t16-,26-;10-;;;;;;3-;;;;/m11.....0..../s1. The number of alkyl halides is 8. The Morgan fingerprint density at radius 2 is 0.945 bits per heavy atom. The molecule has 0 radical (unpaired) electrons. The van der Waals surface area contributed by atoms with Gasteiger partial charge >= 0.3 is 6.15 Å². The zero-order chi connectivity index (χ0) is 110. The van der Waals surface area contributed by atoms with Crippen molar-refractivity contribution in [1.82, 2.24) is 39.8 Å². The number of likely N-dealkylation sites (tertiary alicyclic amines) is 4. The third-order valence-electron chi connectivity index (χ3n) is 21.7. The molecule has 0 unspecified atom stereocenters. The van der Waals surface area contributed by atoms with E-state index in [1.165, 1.54) is 72.3 Å². The van der Waals surface area contributed by atoms with Crippen LogP contribution in [0.4, 0.5) is 96.1 Å². The second-order valence-electron chi connectivity index (χ2n) is 33.5. The number of rotatable bonds is 36. The fraction of sp³-hybridized carbons (Fsp3) is 0.490. The molecule has 0 amide bonds. The van der Waals surface area contributed by atoms with Gasteiger partial charge in [-0.2, -0.15) is 18.0 Å². The Morgan fingerprint density at radius 1 is 0.589 bits per heavy atom. The second-order valence-corrected chi connectivity index (χ2v) is 37.7. The Bertz CT molecular complexity index is 5380. The Kier molecular flexibility index (Phi) is 62.1. The molecule has 5 aliphatic heterocycles. The van der Waals surface area contributed by atoms with E-state index in [1.807, 2.05) is 61.7 Å². The molecular weight excluding hydrogens is 2160 g/mol. The van der Waals surface area contributed by atoms with Crippen LogP contribution in [-0.2, 0) is 41.9 Å². The van der Waals surface area contributed by atoms with E-state index in [0.29, 0.717) is 104 Å². The number of aromatic nitrogens is 2. The number of aldehydes is 2. The van der Waals surface area contributed by atoms with Crippen molar-refractivity contribution < 1.29 is 151 Å². The SMILES string of the molecule is CCO.C[C@@H]1Cc2c([nH]c3ccccc23)[C@@H](c2c(F)cc(NC3CN(CCCF)C3)cc2F)N1CC(F)(F)CO.C[C@H](Cc1c[nH]c2ccccc12)NCC(F)(F)CO.C[C@H](O)CO.C[SiH3].Cc1c(F)cc(Br)cc1F.Cc1c(F)cc(NC2CN(CCCF)C2)cc1F.NC1CN(CCCF)C1.O=C=O.O=Cc1c(F)cc(Br)cc1F.O=Cc1c(F)cc(NC2CN(CCCF)C2)cc1F.O=S(=O)(O)CCSOOO. The van der Waals surface area contributed by atoms with Crippen molar-refractivity contribution in [3.8, 4) is 0 Å². The van der Waals surface area contributed by atoms with Gasteiger partial charge in [-0.25, -0.2) is 66.7 Å². The number of nitrogens with one attached hydrogen (secondary N) is 6. The Morgan fingerprint density at radius 3 is 1.32 bits per heavy atom. The van der Waals surface area contributed by atoms with Gasteiger partial charge < -0.3 is 67.4 Å². The summed E-state index contributed by atoms with van der Waals surface area (Å²) in [6, 6.07) is 26.1. The number of fused-ring (bicyclic) bond motifs is 4. The lowest BCUT2D eigenvalue weighted by Crippen LogP contribution is -2.55. The van der Waals surface area contributed by atoms with E-state index in [1.54, 1.807) is 13.8 Å². The Labute approximate surface area is 860 Å². The highest BCUT2D eigenvalue weighted by atomic mass is 79.9. The van der Waals surface area contributed by atoms with Crippen molar-refractivity contribution in [2.45, 2.75) is 147 Å². The van der Waals surface area contributed by atoms with E-state index in [9.17, 15) is 93.4 Å². The monoisotopic (exact) mass is 2280 g/mol. The molecule has 0 bridgehead atoms. The minimum Gasteiger partial charge on any atom is -0.397 e. The van der Waals surface area contributed by atoms with Crippen molar-refractivity contribution in [1.29, 1.82) is 0 Å². The quantitative estimate of drug-likeness (QED) is 0.00253. The van der Waals surface area contributed by atoms with Crippen LogP contribution >= 0.6 is 43.9 Å². The van der Waals surface area contributed by atoms with Gasteiger partial charge in [-0.15, -0.1) is 4.33 Å². The van der Waals surface area contributed by atoms with Gasteiger partial charge in [0.2, 0.25) is 0 Å². The number of carbonyl (C=O) groups excluding carboxylic acids is 4. The molecule has 0 saturated carbocycles. The fourth-order valence-electron chi connectivity index (χ4n) is 14.5. The first kappa shape index (κ1) is 131. The molecule has 9 aromatic rings. The normalized spacial score (nSPS) is 15.7. The van der Waals surface area contributed by atoms with Gasteiger partial charge in [0.25, 0.3) is 22.0 Å². The lowest BCUT2D eigenvalue weighted by atomic mass is 9.87. The maximum absolute atomic E-state index is 15.7. The molecule has 818 valence electrons. The number of hydrogen-bond donors (Lipinski definition) is 14. The van der Waals surface area contributed by atoms with Crippen LogP contribution < -0.4 is 27.0 Å². The third-order valence-corrected chi connectivity index (χ3v) is 24.1. The number of hydrogen-bond acceptors (Lipinski definition) is 25. The van der Waals surface area contributed by atoms with E-state index in [0.717, 1.165) is 110 Å². The van der Waals surface area contributed by atoms with E-state index in [2.05, 4.69) is 98.6 Å². The summed E-state index contributed by atoms with van der Waals surface area (Å²) in [6.45, 7) is 16.0. The summed E-state index contributed by atoms with van der Waals surface area (Å²) in [5.74, 6) is -14.2. The van der Waals surface area contributed by atoms with Gasteiger partial charge in [0, 0.05) is 197 Å². The molecule has 15 N–H and O–H groups in total. The number of para-hydroxylation sites is 2. The van der Waals surface area contributed by atoms with Gasteiger partial charge in [-0.1, -0.05) is 79.8 Å². The predicted octanol–water partition coefficient (Wildman–Crippen LogP) is 15.8. The van der Waals surface area contributed by atoms with Crippen molar-refractivity contribution in [2.75, 3.05) is 172 Å². The van der Waals surface area contributed by atoms with Gasteiger partial charge in [0.15, 0.2) is 12.6 Å². The average Bonchev–Trinajstić information content (AvgIpc) is 1.57. The maximum Gasteiger partial charge on any atom is 0.373 e. The second kappa shape index (κ2) is 68.9. The Hall–Kier alpha value is -8.68. The van der Waals surface area contributed by atoms with Crippen LogP contribution in [0.5, 0.6) is 0 Å². The molecule has 2 aromatic heterocycles. The summed E-state index contributed by atoms with van der Waals surface area (Å²) in [6.07, 6.45) is 5.14. The van der Waals surface area contributed by atoms with Gasteiger partial charge in [-0.3, -0.25) is 51.3 Å². The number of aliphatic hydroxyl groups excluding tert-OH is 5. The van der Waals surface area contributed by atoms with Gasteiger partial charge in [0.05, 0.1) is 93.5 Å². The molecule has 0 spiro atoms. The van der Waals surface area contributed by atoms with Crippen molar-refractivity contribution in [3.05, 3.63) is 227 Å². The lowest BCUT2D eigenvalue weighted by Gasteiger charge is -2.42. The van der Waals surface area contributed by atoms with Crippen molar-refractivity contribution in [3.63, 3.8) is 0 Å². The first-order chi connectivity index (χ1) is 69.2. The number of nitrogens with two attached hydrogens (primary N) is 1. The van der Waals surface area contributed by atoms with E-state index in [-0.39, 0.29) is 115 Å². The molecule has 5 aliphatic rings. The van der Waals surface area contributed by atoms with E-state index >= 15 is 8.78 Å². The highest BCUT2D eigenvalue weighted by Gasteiger charge is 2.44. The van der Waals surface area contributed by atoms with Crippen LogP contribution in [0.25, 0.3) is 21.8 Å². The topological polar surface area (TPSA) is 384 Å². The summed E-state index contributed by atoms with van der Waals surface area (Å²) >= 11 is 6.42. The summed E-state index contributed by atoms with van der Waals surface area (Å²) < 4.78 is 270. The Balaban J connectivity index is 0.000000440. The molecule has 146 heavy (non-hydrogen) atoms. The predicted molar refractivity (Wildman–Crippen MR) is 535 cm³/mol. The van der Waals surface area contributed by atoms with Crippen LogP contribution in [0.1, 0.15) is 114 Å². The number of aliphatic hydroxyl groups is 5. The number of anilines is 3. The number of H-pyrrole nitrogens is 2. The number of nitrogens with zero attached hydrogens (tertiary/aromatic N) is 5. The fourth-order valence-corrected chi connectivity index (χ4v) is 16.6. The van der Waals surface area contributed by atoms with Crippen LogP contribution in [0.15, 0.2) is 124 Å². The third kappa shape index (κ3) is 46.8. The zero-order valence-corrected chi connectivity index (χ0v) is 88.3. The van der Waals surface area contributed by atoms with Crippen LogP contribution in [0.2, 0.25) is 6.55 Å². The van der Waals surface area contributed by atoms with Crippen LogP contribution in [0.3, 0.4) is 0 Å². The highest BCUT2D eigenvalue weighted by molar-refractivity contribution is 9.10. The molecule has 7 heterocycles. The van der Waals surface area contributed by atoms with Crippen LogP contribution in [0, 0.1) is 72.0 Å². The minimum absolute atomic E-state index is 0.0145. The molecule has 50 heteroatoms. The van der Waals surface area contributed by atoms with Crippen molar-refractivity contribution >= 4 is 122 Å². The largest absolute Gasteiger partial charge is 0.397 e.